The predicted octanol–water partition coefficient (Wildman–Crippen LogP) is 2.49. The minimum atomic E-state index is -0.501. The fraction of sp³-hybridized carbons (Fsp3) is 0. The Labute approximate surface area is 164 Å². The molecule has 4 aromatic rings. The molecule has 1 amide bonds. The predicted molar refractivity (Wildman–Crippen MR) is 107 cm³/mol. The summed E-state index contributed by atoms with van der Waals surface area (Å²) >= 11 is 0. The number of carbonyl (C=O) groups excluding carboxylic acids is 1. The van der Waals surface area contributed by atoms with Crippen LogP contribution in [0.4, 0.5) is 5.69 Å². The molecule has 140 valence electrons. The van der Waals surface area contributed by atoms with E-state index in [1.807, 2.05) is 54.6 Å². The molecule has 4 rings (SSSR count). The number of fused-ring (bicyclic) bond motifs is 1. The molecule has 0 saturated heterocycles. The molecule has 0 spiro atoms. The summed E-state index contributed by atoms with van der Waals surface area (Å²) in [6.07, 6.45) is 1.50. The number of nitrogens with two attached hydrogens (primary N) is 1. The molecule has 4 N–H and O–H groups in total. The van der Waals surface area contributed by atoms with Crippen molar-refractivity contribution in [3.05, 3.63) is 72.2 Å². The van der Waals surface area contributed by atoms with E-state index in [0.29, 0.717) is 16.8 Å². The highest BCUT2D eigenvalue weighted by atomic mass is 16.1. The second kappa shape index (κ2) is 7.58. The summed E-state index contributed by atoms with van der Waals surface area (Å²) in [4.78, 5) is 16.5. The highest BCUT2D eigenvalue weighted by molar-refractivity contribution is 6.06. The summed E-state index contributed by atoms with van der Waals surface area (Å²) in [5.74, 6) is -0.297. The number of anilines is 1. The topological polar surface area (TPSA) is 146 Å². The molecular formula is C20H14N8O. The number of aromatic nitrogens is 5. The molecule has 0 atom stereocenters. The number of hydrogen-bond donors (Lipinski definition) is 3. The van der Waals surface area contributed by atoms with Crippen LogP contribution in [-0.2, 0) is 0 Å². The Balaban J connectivity index is 1.63. The van der Waals surface area contributed by atoms with Crippen molar-refractivity contribution in [2.75, 3.05) is 5.32 Å². The molecule has 9 nitrogen and oxygen atoms in total. The van der Waals surface area contributed by atoms with E-state index in [0.717, 1.165) is 16.6 Å². The summed E-state index contributed by atoms with van der Waals surface area (Å²) < 4.78 is 0. The van der Waals surface area contributed by atoms with Gasteiger partial charge in [0.15, 0.2) is 0 Å². The van der Waals surface area contributed by atoms with Crippen molar-refractivity contribution in [3.8, 4) is 17.3 Å². The first-order valence-electron chi connectivity index (χ1n) is 8.56. The molecule has 0 fully saturated rings. The number of hydrogen-bond acceptors (Lipinski definition) is 7. The number of nitrogens with one attached hydrogen (secondary N) is 2. The third-order valence-electron chi connectivity index (χ3n) is 4.25. The van der Waals surface area contributed by atoms with E-state index in [-0.39, 0.29) is 11.4 Å². The molecule has 0 aliphatic carbocycles. The van der Waals surface area contributed by atoms with E-state index < -0.39 is 5.91 Å². The third kappa shape index (κ3) is 3.63. The maximum Gasteiger partial charge on any atom is 0.249 e. The molecule has 2 aromatic carbocycles. The smallest absolute Gasteiger partial charge is 0.249 e. The number of amides is 1. The van der Waals surface area contributed by atoms with Gasteiger partial charge in [0.2, 0.25) is 11.7 Å². The van der Waals surface area contributed by atoms with Gasteiger partial charge in [0.25, 0.3) is 0 Å². The highest BCUT2D eigenvalue weighted by Gasteiger charge is 2.11. The molecule has 2 aromatic heterocycles. The molecule has 29 heavy (non-hydrogen) atoms. The van der Waals surface area contributed by atoms with Crippen LogP contribution in [0.25, 0.3) is 27.7 Å². The van der Waals surface area contributed by atoms with Crippen molar-refractivity contribution in [2.24, 2.45) is 5.73 Å². The Morgan fingerprint density at radius 2 is 1.97 bits per heavy atom. The zero-order valence-corrected chi connectivity index (χ0v) is 15.0. The maximum atomic E-state index is 11.9. The number of rotatable bonds is 5. The third-order valence-corrected chi connectivity index (χ3v) is 4.25. The van der Waals surface area contributed by atoms with Crippen LogP contribution in [0.1, 0.15) is 16.2 Å². The Hall–Kier alpha value is -4.58. The zero-order chi connectivity index (χ0) is 20.2. The minimum absolute atomic E-state index is 0.205. The normalized spacial score (nSPS) is 11.2. The molecular weight excluding hydrogens is 368 g/mol. The summed E-state index contributed by atoms with van der Waals surface area (Å²) in [6.45, 7) is 0. The van der Waals surface area contributed by atoms with Gasteiger partial charge in [-0.15, -0.1) is 10.2 Å². The van der Waals surface area contributed by atoms with Crippen molar-refractivity contribution < 1.29 is 4.79 Å². The number of benzene rings is 2. The van der Waals surface area contributed by atoms with Crippen molar-refractivity contribution in [3.63, 3.8) is 0 Å². The Morgan fingerprint density at radius 3 is 2.66 bits per heavy atom. The fourth-order valence-electron chi connectivity index (χ4n) is 2.84. The summed E-state index contributed by atoms with van der Waals surface area (Å²) in [5, 5.41) is 26.2. The number of primary amides is 1. The van der Waals surface area contributed by atoms with Crippen LogP contribution in [-0.4, -0.2) is 31.5 Å². The Kier molecular flexibility index (Phi) is 4.65. The van der Waals surface area contributed by atoms with Crippen LogP contribution in [0.2, 0.25) is 0 Å². The fourth-order valence-corrected chi connectivity index (χ4v) is 2.84. The van der Waals surface area contributed by atoms with Gasteiger partial charge in [-0.2, -0.15) is 10.5 Å². The van der Waals surface area contributed by atoms with E-state index in [1.165, 1.54) is 6.20 Å². The van der Waals surface area contributed by atoms with Crippen LogP contribution in [0.3, 0.4) is 0 Å². The van der Waals surface area contributed by atoms with E-state index in [4.69, 9.17) is 5.73 Å². The van der Waals surface area contributed by atoms with Crippen LogP contribution in [0.15, 0.2) is 60.8 Å². The summed E-state index contributed by atoms with van der Waals surface area (Å²) in [5.41, 5.74) is 9.13. The van der Waals surface area contributed by atoms with Gasteiger partial charge in [-0.25, -0.2) is 4.98 Å². The number of para-hydroxylation sites is 1. The van der Waals surface area contributed by atoms with Crippen LogP contribution in [0, 0.1) is 11.3 Å². The van der Waals surface area contributed by atoms with Crippen molar-refractivity contribution >= 4 is 28.1 Å². The standard InChI is InChI=1S/C20H14N8O/c21-10-13(20-25-27-28-26-20)11-23-14-7-5-12(6-8-14)18-9-16(19(22)29)15-3-1-2-4-17(15)24-18/h1-9,11,23H,(H2,22,29)(H,25,26,27,28). The lowest BCUT2D eigenvalue weighted by atomic mass is 10.0. The molecule has 0 unspecified atom stereocenters. The van der Waals surface area contributed by atoms with Crippen LogP contribution in [0.5, 0.6) is 0 Å². The average Bonchev–Trinajstić information content (AvgIpc) is 3.28. The number of nitriles is 1. The van der Waals surface area contributed by atoms with Crippen molar-refractivity contribution in [2.45, 2.75) is 0 Å². The van der Waals surface area contributed by atoms with Gasteiger partial charge in [0.05, 0.1) is 16.8 Å². The number of carbonyl (C=O) groups is 1. The first kappa shape index (κ1) is 17.8. The number of pyridine rings is 1. The van der Waals surface area contributed by atoms with E-state index in [1.54, 1.807) is 6.07 Å². The van der Waals surface area contributed by atoms with Crippen molar-refractivity contribution in [1.29, 1.82) is 5.26 Å². The number of allylic oxidation sites excluding steroid dienone is 1. The van der Waals surface area contributed by atoms with Gasteiger partial charge in [-0.3, -0.25) is 4.79 Å². The molecule has 0 radical (unpaired) electrons. The second-order valence-corrected chi connectivity index (χ2v) is 6.06. The molecule has 0 bridgehead atoms. The Bertz CT molecular complexity index is 1250. The lowest BCUT2D eigenvalue weighted by Gasteiger charge is -2.08. The van der Waals surface area contributed by atoms with Gasteiger partial charge in [-0.1, -0.05) is 30.3 Å². The lowest BCUT2D eigenvalue weighted by Crippen LogP contribution is -2.12. The quantitative estimate of drug-likeness (QED) is 0.449. The molecule has 0 aliphatic rings. The number of tetrazole rings is 1. The van der Waals surface area contributed by atoms with Gasteiger partial charge >= 0.3 is 0 Å². The second-order valence-electron chi connectivity index (χ2n) is 6.06. The first-order chi connectivity index (χ1) is 14.2. The minimum Gasteiger partial charge on any atom is -0.366 e. The van der Waals surface area contributed by atoms with Gasteiger partial charge in [0.1, 0.15) is 11.6 Å². The van der Waals surface area contributed by atoms with E-state index in [2.05, 4.69) is 30.9 Å². The SMILES string of the molecule is N#CC(=CNc1ccc(-c2cc(C(N)=O)c3ccccc3n2)cc1)c1nn[nH]n1. The zero-order valence-electron chi connectivity index (χ0n) is 15.0. The van der Waals surface area contributed by atoms with Gasteiger partial charge in [-0.05, 0) is 29.5 Å². The van der Waals surface area contributed by atoms with Gasteiger partial charge < -0.3 is 11.1 Å². The number of H-pyrrole nitrogens is 1. The first-order valence-corrected chi connectivity index (χ1v) is 8.56. The molecule has 2 heterocycles. The maximum absolute atomic E-state index is 11.9. The van der Waals surface area contributed by atoms with E-state index in [9.17, 15) is 10.1 Å². The van der Waals surface area contributed by atoms with Crippen LogP contribution < -0.4 is 11.1 Å². The summed E-state index contributed by atoms with van der Waals surface area (Å²) in [7, 11) is 0. The lowest BCUT2D eigenvalue weighted by molar-refractivity contribution is 0.100. The molecule has 0 aliphatic heterocycles. The Morgan fingerprint density at radius 1 is 1.17 bits per heavy atom. The monoisotopic (exact) mass is 382 g/mol. The largest absolute Gasteiger partial charge is 0.366 e. The molecule has 9 heteroatoms. The molecule has 0 saturated carbocycles. The highest BCUT2D eigenvalue weighted by Crippen LogP contribution is 2.26. The van der Waals surface area contributed by atoms with E-state index >= 15 is 0 Å². The summed E-state index contributed by atoms with van der Waals surface area (Å²) in [6, 6.07) is 18.4. The number of nitrogens with zero attached hydrogens (tertiary/aromatic N) is 5. The number of aromatic amines is 1. The van der Waals surface area contributed by atoms with Crippen LogP contribution >= 0.6 is 0 Å². The van der Waals surface area contributed by atoms with Gasteiger partial charge in [0, 0.05) is 22.8 Å². The average molecular weight is 382 g/mol. The van der Waals surface area contributed by atoms with Crippen molar-refractivity contribution in [1.82, 2.24) is 25.6 Å².